The Hall–Kier alpha value is -4.34. The van der Waals surface area contributed by atoms with Crippen molar-refractivity contribution < 1.29 is 19.1 Å². The molecule has 2 aromatic heterocycles. The second-order valence-electron chi connectivity index (χ2n) is 9.88. The van der Waals surface area contributed by atoms with Crippen molar-refractivity contribution in [2.45, 2.75) is 52.4 Å². The predicted octanol–water partition coefficient (Wildman–Crippen LogP) is 5.33. The van der Waals surface area contributed by atoms with Crippen LogP contribution in [0.2, 0.25) is 0 Å². The highest BCUT2D eigenvalue weighted by molar-refractivity contribution is 5.96. The largest absolute Gasteiger partial charge is 0.478 e. The maximum atomic E-state index is 15.6. The number of halogens is 1. The number of nitrogens with zero attached hydrogens (tertiary/aromatic N) is 6. The highest BCUT2D eigenvalue weighted by Crippen LogP contribution is 2.29. The summed E-state index contributed by atoms with van der Waals surface area (Å²) in [6, 6.07) is 11.9. The molecule has 5 rings (SSSR count). The lowest BCUT2D eigenvalue weighted by atomic mass is 10.00. The summed E-state index contributed by atoms with van der Waals surface area (Å²) >= 11 is 0. The molecule has 1 saturated heterocycles. The van der Waals surface area contributed by atoms with E-state index in [0.29, 0.717) is 48.4 Å². The van der Waals surface area contributed by atoms with Crippen molar-refractivity contribution in [1.29, 1.82) is 0 Å². The minimum absolute atomic E-state index is 0.0571. The third kappa shape index (κ3) is 6.44. The Kier molecular flexibility index (Phi) is 9.42. The topological polar surface area (TPSA) is 106 Å². The first kappa shape index (κ1) is 28.7. The van der Waals surface area contributed by atoms with Gasteiger partial charge in [0.2, 0.25) is 0 Å². The summed E-state index contributed by atoms with van der Waals surface area (Å²) in [5.41, 5.74) is 2.84. The number of hydrogen-bond acceptors (Lipinski definition) is 5. The fourth-order valence-electron chi connectivity index (χ4n) is 4.76. The van der Waals surface area contributed by atoms with E-state index in [-0.39, 0.29) is 17.0 Å². The predicted molar refractivity (Wildman–Crippen MR) is 150 cm³/mol. The van der Waals surface area contributed by atoms with Gasteiger partial charge in [0.05, 0.1) is 28.8 Å². The zero-order valence-corrected chi connectivity index (χ0v) is 23.2. The van der Waals surface area contributed by atoms with E-state index in [0.717, 1.165) is 25.0 Å². The van der Waals surface area contributed by atoms with Gasteiger partial charge in [-0.15, -0.1) is 5.10 Å². The van der Waals surface area contributed by atoms with Gasteiger partial charge in [0, 0.05) is 31.9 Å². The standard InChI is InChI=1S/C27H27FN6O3.C3H8/c1-32-17-19(30-31-32)11-12-24-23(27(36)37)16-29-34(24)20-8-5-7-18(15-20)21-9-6-10-22(25(21)28)26(35)33-13-3-2-4-14-33;1-3-2/h5-10,15-17H,2-4,11-14H2,1H3,(H,36,37);3H2,1-2H3. The Morgan fingerprint density at radius 2 is 1.73 bits per heavy atom. The summed E-state index contributed by atoms with van der Waals surface area (Å²) in [5, 5.41) is 22.0. The number of benzene rings is 2. The van der Waals surface area contributed by atoms with Gasteiger partial charge in [0.1, 0.15) is 11.4 Å². The van der Waals surface area contributed by atoms with Gasteiger partial charge in [-0.1, -0.05) is 49.7 Å². The molecule has 0 radical (unpaired) electrons. The molecule has 0 saturated carbocycles. The molecule has 1 amide bonds. The number of likely N-dealkylation sites (tertiary alicyclic amines) is 1. The van der Waals surface area contributed by atoms with Crippen molar-refractivity contribution in [2.75, 3.05) is 13.1 Å². The van der Waals surface area contributed by atoms with Crippen LogP contribution in [0.1, 0.15) is 71.6 Å². The molecule has 9 nitrogen and oxygen atoms in total. The maximum Gasteiger partial charge on any atom is 0.339 e. The van der Waals surface area contributed by atoms with Crippen LogP contribution in [0.3, 0.4) is 0 Å². The lowest BCUT2D eigenvalue weighted by Gasteiger charge is -2.27. The van der Waals surface area contributed by atoms with Crippen LogP contribution in [-0.2, 0) is 19.9 Å². The smallest absolute Gasteiger partial charge is 0.339 e. The first-order valence-corrected chi connectivity index (χ1v) is 13.7. The molecule has 0 atom stereocenters. The molecule has 1 aliphatic rings. The number of carboxylic acids is 1. The summed E-state index contributed by atoms with van der Waals surface area (Å²) in [7, 11) is 1.77. The molecule has 0 bridgehead atoms. The van der Waals surface area contributed by atoms with Crippen molar-refractivity contribution >= 4 is 11.9 Å². The Balaban J connectivity index is 0.00000118. The molecule has 10 heteroatoms. The molecule has 0 spiro atoms. The van der Waals surface area contributed by atoms with Gasteiger partial charge in [-0.25, -0.2) is 13.9 Å². The van der Waals surface area contributed by atoms with Crippen LogP contribution >= 0.6 is 0 Å². The van der Waals surface area contributed by atoms with Crippen LogP contribution in [0.15, 0.2) is 54.9 Å². The van der Waals surface area contributed by atoms with Crippen molar-refractivity contribution in [2.24, 2.45) is 7.05 Å². The lowest BCUT2D eigenvalue weighted by Crippen LogP contribution is -2.36. The Morgan fingerprint density at radius 3 is 2.40 bits per heavy atom. The normalized spacial score (nSPS) is 13.1. The van der Waals surface area contributed by atoms with Crippen LogP contribution in [0, 0.1) is 5.82 Å². The van der Waals surface area contributed by atoms with E-state index in [9.17, 15) is 14.7 Å². The SMILES string of the molecule is CCC.Cn1cc(CCc2c(C(=O)O)cnn2-c2cccc(-c3cccc(C(=O)N4CCCCC4)c3F)c2)nn1. The number of amides is 1. The van der Waals surface area contributed by atoms with E-state index in [2.05, 4.69) is 29.3 Å². The molecule has 1 aliphatic heterocycles. The molecule has 1 N–H and O–H groups in total. The number of rotatable bonds is 7. The summed E-state index contributed by atoms with van der Waals surface area (Å²) in [6.45, 7) is 5.53. The Morgan fingerprint density at radius 1 is 1.00 bits per heavy atom. The van der Waals surface area contributed by atoms with Crippen LogP contribution in [-0.4, -0.2) is 59.7 Å². The highest BCUT2D eigenvalue weighted by atomic mass is 19.1. The number of hydrogen-bond donors (Lipinski definition) is 1. The van der Waals surface area contributed by atoms with Gasteiger partial charge in [0.25, 0.3) is 5.91 Å². The highest BCUT2D eigenvalue weighted by Gasteiger charge is 2.23. The van der Waals surface area contributed by atoms with Crippen molar-refractivity contribution in [3.63, 3.8) is 0 Å². The summed E-state index contributed by atoms with van der Waals surface area (Å²) in [6.07, 6.45) is 8.14. The number of piperidine rings is 1. The molecule has 210 valence electrons. The van der Waals surface area contributed by atoms with Crippen LogP contribution in [0.5, 0.6) is 0 Å². The lowest BCUT2D eigenvalue weighted by molar-refractivity contribution is 0.0692. The molecule has 40 heavy (non-hydrogen) atoms. The maximum absolute atomic E-state index is 15.6. The Labute approximate surface area is 233 Å². The zero-order valence-electron chi connectivity index (χ0n) is 23.2. The van der Waals surface area contributed by atoms with Gasteiger partial charge in [-0.2, -0.15) is 5.10 Å². The zero-order chi connectivity index (χ0) is 28.6. The van der Waals surface area contributed by atoms with Crippen molar-refractivity contribution in [1.82, 2.24) is 29.7 Å². The van der Waals surface area contributed by atoms with Crippen molar-refractivity contribution in [3.8, 4) is 16.8 Å². The van der Waals surface area contributed by atoms with E-state index in [1.165, 1.54) is 18.7 Å². The van der Waals surface area contributed by atoms with Crippen LogP contribution in [0.4, 0.5) is 4.39 Å². The molecule has 1 fully saturated rings. The van der Waals surface area contributed by atoms with E-state index in [1.54, 1.807) is 63.9 Å². The molecule has 0 aliphatic carbocycles. The Bertz CT molecular complexity index is 1470. The van der Waals surface area contributed by atoms with Crippen LogP contribution < -0.4 is 0 Å². The van der Waals surface area contributed by atoms with Gasteiger partial charge < -0.3 is 10.0 Å². The minimum atomic E-state index is -1.08. The summed E-state index contributed by atoms with van der Waals surface area (Å²) < 4.78 is 18.8. The minimum Gasteiger partial charge on any atom is -0.478 e. The van der Waals surface area contributed by atoms with E-state index in [1.807, 2.05) is 0 Å². The first-order chi connectivity index (χ1) is 19.3. The van der Waals surface area contributed by atoms with Gasteiger partial charge in [-0.05, 0) is 55.9 Å². The van der Waals surface area contributed by atoms with Crippen LogP contribution in [0.25, 0.3) is 16.8 Å². The number of carboxylic acid groups (broad SMARTS) is 1. The second kappa shape index (κ2) is 13.1. The number of aryl methyl sites for hydroxylation is 2. The number of carbonyl (C=O) groups is 2. The van der Waals surface area contributed by atoms with Crippen molar-refractivity contribution in [3.05, 3.63) is 83.2 Å². The average molecular weight is 547 g/mol. The van der Waals surface area contributed by atoms with Gasteiger partial charge >= 0.3 is 5.97 Å². The van der Waals surface area contributed by atoms with E-state index in [4.69, 9.17) is 0 Å². The van der Waals surface area contributed by atoms with E-state index < -0.39 is 11.8 Å². The van der Waals surface area contributed by atoms with Gasteiger partial charge in [0.15, 0.2) is 0 Å². The third-order valence-electron chi connectivity index (χ3n) is 6.64. The number of aromatic nitrogens is 5. The second-order valence-corrected chi connectivity index (χ2v) is 9.88. The third-order valence-corrected chi connectivity index (χ3v) is 6.64. The summed E-state index contributed by atoms with van der Waals surface area (Å²) in [4.78, 5) is 26.6. The molecule has 4 aromatic rings. The average Bonchev–Trinajstić information content (AvgIpc) is 3.58. The fraction of sp³-hybridized carbons (Fsp3) is 0.367. The quantitative estimate of drug-likeness (QED) is 0.336. The fourth-order valence-corrected chi connectivity index (χ4v) is 4.76. The molecule has 2 aromatic carbocycles. The summed E-state index contributed by atoms with van der Waals surface area (Å²) in [5.74, 6) is -1.93. The molecular weight excluding hydrogens is 511 g/mol. The first-order valence-electron chi connectivity index (χ1n) is 13.7. The number of carbonyl (C=O) groups excluding carboxylic acids is 1. The molecule has 3 heterocycles. The molecule has 0 unspecified atom stereocenters. The van der Waals surface area contributed by atoms with Gasteiger partial charge in [-0.3, -0.25) is 9.48 Å². The van der Waals surface area contributed by atoms with E-state index >= 15 is 4.39 Å². The monoisotopic (exact) mass is 546 g/mol. The number of aromatic carboxylic acids is 1. The molecular formula is C30H35FN6O3.